The average Bonchev–Trinajstić information content (AvgIpc) is 3.11. The highest BCUT2D eigenvalue weighted by Gasteiger charge is 2.10. The normalized spacial score (nSPS) is 10.8. The lowest BCUT2D eigenvalue weighted by atomic mass is 10.1. The number of fused-ring (bicyclic) bond motifs is 1. The molecule has 4 rings (SSSR count). The van der Waals surface area contributed by atoms with Crippen LogP contribution in [0.4, 0.5) is 5.69 Å². The third-order valence-electron chi connectivity index (χ3n) is 5.16. The first kappa shape index (κ1) is 20.8. The van der Waals surface area contributed by atoms with Crippen molar-refractivity contribution in [2.75, 3.05) is 5.32 Å². The van der Waals surface area contributed by atoms with Crippen LogP contribution < -0.4 is 10.6 Å². The summed E-state index contributed by atoms with van der Waals surface area (Å²) in [6.45, 7) is 6.11. The van der Waals surface area contributed by atoms with Crippen LogP contribution in [-0.2, 0) is 6.42 Å². The van der Waals surface area contributed by atoms with Gasteiger partial charge >= 0.3 is 0 Å². The highest BCUT2D eigenvalue weighted by molar-refractivity contribution is 7.80. The first-order valence-corrected chi connectivity index (χ1v) is 10.4. The highest BCUT2D eigenvalue weighted by Crippen LogP contribution is 2.22. The van der Waals surface area contributed by atoms with Crippen LogP contribution in [0.1, 0.15) is 38.5 Å². The lowest BCUT2D eigenvalue weighted by Crippen LogP contribution is -2.34. The maximum absolute atomic E-state index is 12.3. The van der Waals surface area contributed by atoms with Gasteiger partial charge in [0.2, 0.25) is 0 Å². The van der Waals surface area contributed by atoms with E-state index in [2.05, 4.69) is 35.5 Å². The van der Waals surface area contributed by atoms with E-state index in [1.807, 2.05) is 49.4 Å². The van der Waals surface area contributed by atoms with Gasteiger partial charge in [0, 0.05) is 17.7 Å². The summed E-state index contributed by atoms with van der Waals surface area (Å²) in [7, 11) is 0. The number of anilines is 1. The fraction of sp³-hybridized carbons (Fsp3) is 0.160. The van der Waals surface area contributed by atoms with E-state index in [0.29, 0.717) is 17.9 Å². The van der Waals surface area contributed by atoms with E-state index in [1.165, 1.54) is 11.1 Å². The molecule has 1 aromatic heterocycles. The van der Waals surface area contributed by atoms with Crippen molar-refractivity contribution in [3.05, 3.63) is 94.4 Å². The third-order valence-corrected chi connectivity index (χ3v) is 5.36. The number of benzene rings is 3. The topological polar surface area (TPSA) is 67.2 Å². The SMILES string of the molecule is Cc1ccc(C(=O)NC(=S)Nc2ccc(Cc3nc4cc(C)c(C)cc4o3)cc2)cc1. The summed E-state index contributed by atoms with van der Waals surface area (Å²) >= 11 is 5.27. The van der Waals surface area contributed by atoms with Crippen molar-refractivity contribution < 1.29 is 9.21 Å². The van der Waals surface area contributed by atoms with Crippen LogP contribution in [-0.4, -0.2) is 16.0 Å². The molecule has 5 nitrogen and oxygen atoms in total. The van der Waals surface area contributed by atoms with Crippen molar-refractivity contribution in [3.8, 4) is 0 Å². The van der Waals surface area contributed by atoms with Gasteiger partial charge in [-0.3, -0.25) is 10.1 Å². The number of amides is 1. The van der Waals surface area contributed by atoms with E-state index in [-0.39, 0.29) is 11.0 Å². The lowest BCUT2D eigenvalue weighted by molar-refractivity contribution is 0.0977. The van der Waals surface area contributed by atoms with Gasteiger partial charge in [0.1, 0.15) is 5.52 Å². The van der Waals surface area contributed by atoms with Crippen molar-refractivity contribution in [2.24, 2.45) is 0 Å². The number of nitrogens with one attached hydrogen (secondary N) is 2. The van der Waals surface area contributed by atoms with E-state index in [9.17, 15) is 4.79 Å². The van der Waals surface area contributed by atoms with Crippen LogP contribution in [0.15, 0.2) is 65.1 Å². The first-order valence-electron chi connectivity index (χ1n) is 10.0. The molecule has 0 aliphatic rings. The van der Waals surface area contributed by atoms with Crippen molar-refractivity contribution in [3.63, 3.8) is 0 Å². The van der Waals surface area contributed by atoms with Crippen LogP contribution in [0, 0.1) is 20.8 Å². The van der Waals surface area contributed by atoms with E-state index in [4.69, 9.17) is 16.6 Å². The molecule has 0 spiro atoms. The zero-order valence-corrected chi connectivity index (χ0v) is 18.5. The Balaban J connectivity index is 1.37. The van der Waals surface area contributed by atoms with Gasteiger partial charge in [-0.2, -0.15) is 0 Å². The number of hydrogen-bond donors (Lipinski definition) is 2. The molecule has 1 amide bonds. The Morgan fingerprint density at radius 1 is 0.968 bits per heavy atom. The van der Waals surface area contributed by atoms with Gasteiger partial charge in [-0.15, -0.1) is 0 Å². The van der Waals surface area contributed by atoms with Gasteiger partial charge in [-0.25, -0.2) is 4.98 Å². The molecule has 4 aromatic rings. The average molecular weight is 430 g/mol. The number of thiocarbonyl (C=S) groups is 1. The molecular formula is C25H23N3O2S. The minimum absolute atomic E-state index is 0.240. The van der Waals surface area contributed by atoms with Gasteiger partial charge < -0.3 is 9.73 Å². The maximum Gasteiger partial charge on any atom is 0.257 e. The highest BCUT2D eigenvalue weighted by atomic mass is 32.1. The summed E-state index contributed by atoms with van der Waals surface area (Å²) in [5.74, 6) is 0.442. The number of hydrogen-bond acceptors (Lipinski definition) is 4. The second-order valence-electron chi connectivity index (χ2n) is 7.66. The van der Waals surface area contributed by atoms with Crippen molar-refractivity contribution in [1.82, 2.24) is 10.3 Å². The standard InChI is InChI=1S/C25H23N3O2S/c1-15-4-8-19(9-5-15)24(29)28-25(31)26-20-10-6-18(7-11-20)14-23-27-21-12-16(2)17(3)13-22(21)30-23/h4-13H,14H2,1-3H3,(H2,26,28,29,31). The molecule has 3 aromatic carbocycles. The Labute approximate surface area is 186 Å². The molecule has 2 N–H and O–H groups in total. The number of aromatic nitrogens is 1. The molecule has 6 heteroatoms. The minimum Gasteiger partial charge on any atom is -0.440 e. The fourth-order valence-corrected chi connectivity index (χ4v) is 3.44. The number of rotatable bonds is 4. The second-order valence-corrected chi connectivity index (χ2v) is 8.07. The van der Waals surface area contributed by atoms with Crippen LogP contribution in [0.2, 0.25) is 0 Å². The van der Waals surface area contributed by atoms with Crippen LogP contribution >= 0.6 is 12.2 Å². The predicted molar refractivity (Wildman–Crippen MR) is 128 cm³/mol. The molecule has 156 valence electrons. The molecule has 0 aliphatic carbocycles. The van der Waals surface area contributed by atoms with Gasteiger partial charge in [-0.1, -0.05) is 29.8 Å². The molecule has 0 saturated carbocycles. The predicted octanol–water partition coefficient (Wildman–Crippen LogP) is 5.47. The van der Waals surface area contributed by atoms with E-state index in [0.717, 1.165) is 27.9 Å². The summed E-state index contributed by atoms with van der Waals surface area (Å²) in [4.78, 5) is 16.9. The summed E-state index contributed by atoms with van der Waals surface area (Å²) in [6.07, 6.45) is 0.599. The zero-order chi connectivity index (χ0) is 22.0. The molecule has 0 atom stereocenters. The molecule has 0 radical (unpaired) electrons. The first-order chi connectivity index (χ1) is 14.9. The number of oxazole rings is 1. The Kier molecular flexibility index (Phi) is 5.82. The Morgan fingerprint density at radius 2 is 1.65 bits per heavy atom. The number of aryl methyl sites for hydroxylation is 3. The second kappa shape index (κ2) is 8.70. The minimum atomic E-state index is -0.240. The van der Waals surface area contributed by atoms with Gasteiger partial charge in [0.05, 0.1) is 0 Å². The van der Waals surface area contributed by atoms with Crippen LogP contribution in [0.3, 0.4) is 0 Å². The Bertz CT molecular complexity index is 1220. The van der Waals surface area contributed by atoms with Gasteiger partial charge in [-0.05, 0) is 86.1 Å². The quantitative estimate of drug-likeness (QED) is 0.421. The Morgan fingerprint density at radius 3 is 2.35 bits per heavy atom. The number of nitrogens with zero attached hydrogens (tertiary/aromatic N) is 1. The summed E-state index contributed by atoms with van der Waals surface area (Å²) in [6, 6.07) is 19.2. The van der Waals surface area contributed by atoms with E-state index >= 15 is 0 Å². The van der Waals surface area contributed by atoms with Crippen molar-refractivity contribution in [2.45, 2.75) is 27.2 Å². The van der Waals surface area contributed by atoms with Gasteiger partial charge in [0.15, 0.2) is 16.6 Å². The molecule has 0 bridgehead atoms. The molecule has 1 heterocycles. The van der Waals surface area contributed by atoms with Crippen LogP contribution in [0.25, 0.3) is 11.1 Å². The number of carbonyl (C=O) groups is 1. The van der Waals surface area contributed by atoms with Gasteiger partial charge in [0.25, 0.3) is 5.91 Å². The van der Waals surface area contributed by atoms with Crippen molar-refractivity contribution >= 4 is 40.0 Å². The third kappa shape index (κ3) is 4.98. The molecule has 0 aliphatic heterocycles. The Hall–Kier alpha value is -3.51. The molecule has 0 unspecified atom stereocenters. The fourth-order valence-electron chi connectivity index (χ4n) is 3.23. The molecule has 0 fully saturated rings. The molecule has 31 heavy (non-hydrogen) atoms. The van der Waals surface area contributed by atoms with Crippen molar-refractivity contribution in [1.29, 1.82) is 0 Å². The smallest absolute Gasteiger partial charge is 0.257 e. The summed E-state index contributed by atoms with van der Waals surface area (Å²) in [5.41, 5.74) is 7.61. The largest absolute Gasteiger partial charge is 0.440 e. The number of carbonyl (C=O) groups excluding carboxylic acids is 1. The summed E-state index contributed by atoms with van der Waals surface area (Å²) < 4.78 is 5.90. The maximum atomic E-state index is 12.3. The molecule has 0 saturated heterocycles. The van der Waals surface area contributed by atoms with E-state index in [1.54, 1.807) is 12.1 Å². The molecular weight excluding hydrogens is 406 g/mol. The van der Waals surface area contributed by atoms with E-state index < -0.39 is 0 Å². The summed E-state index contributed by atoms with van der Waals surface area (Å²) in [5, 5.41) is 5.99. The van der Waals surface area contributed by atoms with Crippen LogP contribution in [0.5, 0.6) is 0 Å². The lowest BCUT2D eigenvalue weighted by Gasteiger charge is -2.10. The zero-order valence-electron chi connectivity index (χ0n) is 17.7. The monoisotopic (exact) mass is 429 g/mol.